The lowest BCUT2D eigenvalue weighted by atomic mass is 10.1. The third-order valence-corrected chi connectivity index (χ3v) is 6.43. The number of fused-ring (bicyclic) bond motifs is 1. The fourth-order valence-corrected chi connectivity index (χ4v) is 4.33. The van der Waals surface area contributed by atoms with E-state index in [0.717, 1.165) is 59.8 Å². The van der Waals surface area contributed by atoms with Crippen molar-refractivity contribution in [2.24, 2.45) is 4.99 Å². The van der Waals surface area contributed by atoms with Crippen LogP contribution < -0.4 is 10.2 Å². The normalized spacial score (nSPS) is 17.3. The number of para-hydroxylation sites is 1. The highest BCUT2D eigenvalue weighted by Gasteiger charge is 2.25. The van der Waals surface area contributed by atoms with E-state index in [4.69, 9.17) is 9.73 Å². The van der Waals surface area contributed by atoms with Crippen LogP contribution in [0.5, 0.6) is 0 Å². The number of thioether (sulfide) groups is 1. The summed E-state index contributed by atoms with van der Waals surface area (Å²) in [7, 11) is 1.93. The van der Waals surface area contributed by atoms with E-state index in [2.05, 4.69) is 16.8 Å². The number of benzene rings is 2. The maximum atomic E-state index is 12.8. The third-order valence-electron chi connectivity index (χ3n) is 5.29. The average molecular weight is 423 g/mol. The minimum Gasteiger partial charge on any atom is -0.378 e. The SMILES string of the molecule is C=C1c2ccccc2N=C(SC(C)C(=O)Nc2ccc(N3CCOCC3)cc2)N1C. The molecule has 0 spiro atoms. The fourth-order valence-electron chi connectivity index (χ4n) is 3.43. The van der Waals surface area contributed by atoms with Crippen LogP contribution in [-0.2, 0) is 9.53 Å². The van der Waals surface area contributed by atoms with Crippen LogP contribution in [0.25, 0.3) is 5.70 Å². The Hall–Kier alpha value is -2.77. The summed E-state index contributed by atoms with van der Waals surface area (Å²) in [5, 5.41) is 3.47. The van der Waals surface area contributed by atoms with Crippen molar-refractivity contribution in [3.8, 4) is 0 Å². The van der Waals surface area contributed by atoms with Gasteiger partial charge in [0.15, 0.2) is 5.17 Å². The number of nitrogens with zero attached hydrogens (tertiary/aromatic N) is 3. The molecule has 2 aliphatic rings. The maximum Gasteiger partial charge on any atom is 0.237 e. The lowest BCUT2D eigenvalue weighted by Gasteiger charge is -2.29. The Morgan fingerprint density at radius 2 is 1.87 bits per heavy atom. The van der Waals surface area contributed by atoms with E-state index >= 15 is 0 Å². The number of hydrogen-bond acceptors (Lipinski definition) is 6. The van der Waals surface area contributed by atoms with Crippen LogP contribution in [-0.4, -0.2) is 54.6 Å². The number of ether oxygens (including phenoxy) is 1. The first kappa shape index (κ1) is 20.5. The molecule has 156 valence electrons. The van der Waals surface area contributed by atoms with Gasteiger partial charge in [-0.25, -0.2) is 4.99 Å². The van der Waals surface area contributed by atoms with Crippen molar-refractivity contribution >= 4 is 45.6 Å². The van der Waals surface area contributed by atoms with E-state index < -0.39 is 0 Å². The molecule has 0 radical (unpaired) electrons. The van der Waals surface area contributed by atoms with Gasteiger partial charge in [-0.3, -0.25) is 4.79 Å². The molecule has 0 bridgehead atoms. The number of amidine groups is 1. The maximum absolute atomic E-state index is 12.8. The van der Waals surface area contributed by atoms with Gasteiger partial charge in [-0.1, -0.05) is 36.5 Å². The van der Waals surface area contributed by atoms with Crippen molar-refractivity contribution < 1.29 is 9.53 Å². The van der Waals surface area contributed by atoms with Crippen molar-refractivity contribution in [1.29, 1.82) is 0 Å². The van der Waals surface area contributed by atoms with Gasteiger partial charge in [-0.05, 0) is 37.3 Å². The molecule has 2 aromatic carbocycles. The summed E-state index contributed by atoms with van der Waals surface area (Å²) >= 11 is 1.43. The highest BCUT2D eigenvalue weighted by Crippen LogP contribution is 2.35. The molecule has 6 nitrogen and oxygen atoms in total. The van der Waals surface area contributed by atoms with E-state index in [1.807, 2.05) is 67.4 Å². The first-order chi connectivity index (χ1) is 14.5. The summed E-state index contributed by atoms with van der Waals surface area (Å²) in [5.41, 5.74) is 4.72. The van der Waals surface area contributed by atoms with Crippen LogP contribution in [0.15, 0.2) is 60.1 Å². The van der Waals surface area contributed by atoms with Crippen LogP contribution >= 0.6 is 11.8 Å². The van der Waals surface area contributed by atoms with E-state index in [-0.39, 0.29) is 11.2 Å². The van der Waals surface area contributed by atoms with Crippen LogP contribution in [0, 0.1) is 0 Å². The molecule has 1 fully saturated rings. The van der Waals surface area contributed by atoms with Crippen LogP contribution in [0.3, 0.4) is 0 Å². The first-order valence-electron chi connectivity index (χ1n) is 10.0. The highest BCUT2D eigenvalue weighted by atomic mass is 32.2. The predicted octanol–water partition coefficient (Wildman–Crippen LogP) is 4.19. The Balaban J connectivity index is 1.39. The zero-order chi connectivity index (χ0) is 21.1. The lowest BCUT2D eigenvalue weighted by Crippen LogP contribution is -2.36. The number of aliphatic imine (C=N–C) groups is 1. The second kappa shape index (κ2) is 8.93. The highest BCUT2D eigenvalue weighted by molar-refractivity contribution is 8.14. The molecule has 0 aliphatic carbocycles. The number of anilines is 2. The number of carbonyl (C=O) groups excluding carboxylic acids is 1. The van der Waals surface area contributed by atoms with Gasteiger partial charge in [-0.2, -0.15) is 0 Å². The van der Waals surface area contributed by atoms with Crippen molar-refractivity contribution in [3.05, 3.63) is 60.7 Å². The largest absolute Gasteiger partial charge is 0.378 e. The van der Waals surface area contributed by atoms with E-state index in [1.165, 1.54) is 11.8 Å². The topological polar surface area (TPSA) is 57.2 Å². The van der Waals surface area contributed by atoms with Crippen molar-refractivity contribution in [1.82, 2.24) is 4.90 Å². The minimum atomic E-state index is -0.303. The van der Waals surface area contributed by atoms with Crippen molar-refractivity contribution in [3.63, 3.8) is 0 Å². The van der Waals surface area contributed by atoms with E-state index in [9.17, 15) is 4.79 Å². The standard InChI is InChI=1S/C23H26N4O2S/c1-16-20-6-4-5-7-21(20)25-23(26(16)3)30-17(2)22(28)24-18-8-10-19(11-9-18)27-12-14-29-15-13-27/h4-11,17H,1,12-15H2,2-3H3,(H,24,28). The Kier molecular flexibility index (Phi) is 6.11. The summed E-state index contributed by atoms with van der Waals surface area (Å²) in [4.78, 5) is 21.7. The second-order valence-corrected chi connectivity index (χ2v) is 8.62. The summed E-state index contributed by atoms with van der Waals surface area (Å²) in [5.74, 6) is -0.0558. The van der Waals surface area contributed by atoms with Crippen LogP contribution in [0.4, 0.5) is 17.1 Å². The lowest BCUT2D eigenvalue weighted by molar-refractivity contribution is -0.115. The summed E-state index contributed by atoms with van der Waals surface area (Å²) in [6.07, 6.45) is 0. The molecule has 2 heterocycles. The van der Waals surface area contributed by atoms with Crippen molar-refractivity contribution in [2.75, 3.05) is 43.6 Å². The number of morpholine rings is 1. The third kappa shape index (κ3) is 4.37. The van der Waals surface area contributed by atoms with Crippen LogP contribution in [0.1, 0.15) is 12.5 Å². The Morgan fingerprint density at radius 1 is 1.17 bits per heavy atom. The zero-order valence-corrected chi connectivity index (χ0v) is 18.1. The summed E-state index contributed by atoms with van der Waals surface area (Å²) < 4.78 is 5.40. The van der Waals surface area contributed by atoms with E-state index in [0.29, 0.717) is 0 Å². The molecule has 2 aliphatic heterocycles. The number of carbonyl (C=O) groups is 1. The van der Waals surface area contributed by atoms with Gasteiger partial charge < -0.3 is 19.9 Å². The van der Waals surface area contributed by atoms with Gasteiger partial charge in [0.1, 0.15) is 0 Å². The van der Waals surface area contributed by atoms with Gasteiger partial charge in [0.25, 0.3) is 0 Å². The minimum absolute atomic E-state index is 0.0558. The Bertz CT molecular complexity index is 967. The molecular weight excluding hydrogens is 396 g/mol. The van der Waals surface area contributed by atoms with Gasteiger partial charge in [0.2, 0.25) is 5.91 Å². The molecule has 30 heavy (non-hydrogen) atoms. The number of amides is 1. The van der Waals surface area contributed by atoms with E-state index in [1.54, 1.807) is 0 Å². The molecule has 2 aromatic rings. The molecule has 1 N–H and O–H groups in total. The second-order valence-electron chi connectivity index (χ2n) is 7.31. The Morgan fingerprint density at radius 3 is 2.60 bits per heavy atom. The van der Waals surface area contributed by atoms with Crippen molar-refractivity contribution in [2.45, 2.75) is 12.2 Å². The molecule has 4 rings (SSSR count). The Labute approximate surface area is 181 Å². The number of nitrogens with one attached hydrogen (secondary N) is 1. The predicted molar refractivity (Wildman–Crippen MR) is 125 cm³/mol. The quantitative estimate of drug-likeness (QED) is 0.801. The molecule has 1 amide bonds. The smallest absolute Gasteiger partial charge is 0.237 e. The van der Waals surface area contributed by atoms with Crippen LogP contribution in [0.2, 0.25) is 0 Å². The molecule has 1 atom stereocenters. The monoisotopic (exact) mass is 422 g/mol. The summed E-state index contributed by atoms with van der Waals surface area (Å²) in [6, 6.07) is 15.9. The van der Waals surface area contributed by atoms with Gasteiger partial charge in [0, 0.05) is 42.8 Å². The molecule has 1 unspecified atom stereocenters. The summed E-state index contributed by atoms with van der Waals surface area (Å²) in [6.45, 7) is 9.35. The number of rotatable bonds is 4. The molecular formula is C23H26N4O2S. The number of hydrogen-bond donors (Lipinski definition) is 1. The fraction of sp³-hybridized carbons (Fsp3) is 0.304. The molecule has 0 saturated carbocycles. The first-order valence-corrected chi connectivity index (χ1v) is 10.9. The van der Waals surface area contributed by atoms with Gasteiger partial charge in [0.05, 0.1) is 24.2 Å². The molecule has 1 saturated heterocycles. The average Bonchev–Trinajstić information content (AvgIpc) is 2.78. The molecule has 7 heteroatoms. The molecule has 0 aromatic heterocycles. The van der Waals surface area contributed by atoms with Gasteiger partial charge in [-0.15, -0.1) is 0 Å². The zero-order valence-electron chi connectivity index (χ0n) is 17.3. The van der Waals surface area contributed by atoms with Gasteiger partial charge >= 0.3 is 0 Å².